The van der Waals surface area contributed by atoms with E-state index in [1.54, 1.807) is 5.19 Å². The Morgan fingerprint density at radius 1 is 1.00 bits per heavy atom. The summed E-state index contributed by atoms with van der Waals surface area (Å²) < 4.78 is 3.07. The molecule has 3 rings (SSSR count). The fourth-order valence-electron chi connectivity index (χ4n) is 3.42. The first-order chi connectivity index (χ1) is 9.56. The van der Waals surface area contributed by atoms with Gasteiger partial charge in [-0.25, -0.2) is 0 Å². The van der Waals surface area contributed by atoms with Gasteiger partial charge in [0.05, 0.1) is 9.52 Å². The third-order valence-electron chi connectivity index (χ3n) is 4.92. The van der Waals surface area contributed by atoms with Crippen LogP contribution in [0, 0.1) is 0 Å². The first-order valence-corrected chi connectivity index (χ1v) is 10.6. The van der Waals surface area contributed by atoms with Gasteiger partial charge in [0.25, 0.3) is 0 Å². The number of nitrogens with zero attached hydrogens (tertiary/aromatic N) is 1. The molecule has 0 saturated carbocycles. The van der Waals surface area contributed by atoms with Crippen LogP contribution in [-0.2, 0) is 0 Å². The van der Waals surface area contributed by atoms with Crippen molar-refractivity contribution < 1.29 is 0 Å². The summed E-state index contributed by atoms with van der Waals surface area (Å²) in [7, 11) is 1.64. The quantitative estimate of drug-likeness (QED) is 0.785. The molecule has 20 heavy (non-hydrogen) atoms. The molecule has 1 aliphatic rings. The lowest BCUT2D eigenvalue weighted by Gasteiger charge is -2.61. The van der Waals surface area contributed by atoms with Gasteiger partial charge in [-0.05, 0) is 23.4 Å². The molecule has 1 nitrogen and oxygen atoms in total. The van der Waals surface area contributed by atoms with Crippen molar-refractivity contribution in [3.8, 4) is 0 Å². The van der Waals surface area contributed by atoms with Gasteiger partial charge in [0.15, 0.2) is 8.24 Å². The van der Waals surface area contributed by atoms with E-state index in [9.17, 15) is 0 Å². The maximum atomic E-state index is 2.62. The molecular weight excluding hydrogens is 274 g/mol. The third kappa shape index (κ3) is 2.01. The van der Waals surface area contributed by atoms with Crippen LogP contribution >= 0.6 is 0 Å². The molecular formula is C17H21NSi2. The van der Waals surface area contributed by atoms with Crippen molar-refractivity contribution in [1.82, 2.24) is 4.57 Å². The first-order valence-electron chi connectivity index (χ1n) is 7.16. The summed E-state index contributed by atoms with van der Waals surface area (Å²) in [5.74, 6) is 0. The highest BCUT2D eigenvalue weighted by Gasteiger charge is 2.59. The smallest absolute Gasteiger partial charge is 0.161 e. The second kappa shape index (κ2) is 4.99. The number of hydrogen-bond donors (Lipinski definition) is 0. The Kier molecular flexibility index (Phi) is 3.44. The van der Waals surface area contributed by atoms with Crippen molar-refractivity contribution >= 4 is 28.1 Å². The average molecular weight is 296 g/mol. The van der Waals surface area contributed by atoms with E-state index in [1.165, 1.54) is 11.7 Å². The maximum absolute atomic E-state index is 2.62. The Bertz CT molecular complexity index is 586. The van der Waals surface area contributed by atoms with Crippen LogP contribution in [0.4, 0.5) is 0 Å². The minimum absolute atomic E-state index is 0.449. The van der Waals surface area contributed by atoms with E-state index in [0.29, 0.717) is 4.66 Å². The molecule has 1 fully saturated rings. The normalized spacial score (nSPS) is 29.9. The second-order valence-electron chi connectivity index (χ2n) is 6.12. The topological polar surface area (TPSA) is 3.24 Å². The molecule has 3 heteroatoms. The Labute approximate surface area is 125 Å². The summed E-state index contributed by atoms with van der Waals surface area (Å²) >= 11 is 0. The predicted octanol–water partition coefficient (Wildman–Crippen LogP) is 2.16. The Morgan fingerprint density at radius 2 is 1.55 bits per heavy atom. The van der Waals surface area contributed by atoms with Crippen LogP contribution in [0.3, 0.4) is 0 Å². The lowest BCUT2D eigenvalue weighted by Crippen LogP contribution is -2.79. The van der Waals surface area contributed by atoms with E-state index in [1.807, 2.05) is 0 Å². The van der Waals surface area contributed by atoms with E-state index in [2.05, 4.69) is 85.7 Å². The Hall–Kier alpha value is -1.17. The first kappa shape index (κ1) is 13.8. The molecule has 0 spiro atoms. The number of hydrogen-bond acceptors (Lipinski definition) is 1. The van der Waals surface area contributed by atoms with Crippen LogP contribution in [0.5, 0.6) is 0 Å². The van der Waals surface area contributed by atoms with Gasteiger partial charge >= 0.3 is 0 Å². The monoisotopic (exact) mass is 295 g/mol. The fraction of sp³-hybridized carbons (Fsp3) is 0.294. The zero-order valence-corrected chi connectivity index (χ0v) is 14.4. The highest BCUT2D eigenvalue weighted by Crippen LogP contribution is 2.47. The van der Waals surface area contributed by atoms with Crippen molar-refractivity contribution in [3.05, 3.63) is 60.7 Å². The van der Waals surface area contributed by atoms with Gasteiger partial charge in [-0.1, -0.05) is 79.3 Å². The third-order valence-corrected chi connectivity index (χ3v) is 13.5. The molecule has 0 N–H and O–H groups in total. The molecule has 2 radical (unpaired) electrons. The van der Waals surface area contributed by atoms with Crippen LogP contribution in [-0.4, -0.2) is 35.9 Å². The molecule has 2 unspecified atom stereocenters. The molecule has 2 aromatic carbocycles. The van der Waals surface area contributed by atoms with Crippen molar-refractivity contribution in [2.45, 2.75) is 18.1 Å². The fourth-order valence-corrected chi connectivity index (χ4v) is 11.0. The lowest BCUT2D eigenvalue weighted by atomic mass is 10.4. The van der Waals surface area contributed by atoms with Crippen LogP contribution in [0.1, 0.15) is 6.92 Å². The van der Waals surface area contributed by atoms with Crippen LogP contribution in [0.2, 0.25) is 11.2 Å². The summed E-state index contributed by atoms with van der Waals surface area (Å²) in [6, 6.07) is 22.1. The van der Waals surface area contributed by atoms with Crippen LogP contribution in [0.15, 0.2) is 60.7 Å². The molecule has 1 saturated heterocycles. The van der Waals surface area contributed by atoms with E-state index in [-0.39, 0.29) is 0 Å². The zero-order valence-electron chi connectivity index (χ0n) is 12.4. The van der Waals surface area contributed by atoms with E-state index < -0.39 is 8.24 Å². The average Bonchev–Trinajstić information content (AvgIpc) is 2.48. The highest BCUT2D eigenvalue weighted by molar-refractivity contribution is 7.00. The molecule has 2 aromatic rings. The van der Waals surface area contributed by atoms with Crippen LogP contribution < -0.4 is 10.4 Å². The standard InChI is InChI=1S/C17H21NSi2/c1-17(19-15-10-6-4-7-11-15)14-18(2)20(17,3)16-12-8-5-9-13-16/h4-13H,14H2,1-3H3. The van der Waals surface area contributed by atoms with Crippen molar-refractivity contribution in [1.29, 1.82) is 0 Å². The minimum atomic E-state index is -1.57. The molecule has 2 atom stereocenters. The Morgan fingerprint density at radius 3 is 2.10 bits per heavy atom. The summed E-state index contributed by atoms with van der Waals surface area (Å²) in [5.41, 5.74) is 0. The largest absolute Gasteiger partial charge is 0.323 e. The van der Waals surface area contributed by atoms with Gasteiger partial charge in [-0.15, -0.1) is 0 Å². The van der Waals surface area contributed by atoms with Crippen LogP contribution in [0.25, 0.3) is 0 Å². The second-order valence-corrected chi connectivity index (χ2v) is 13.1. The van der Waals surface area contributed by atoms with E-state index >= 15 is 0 Å². The summed E-state index contributed by atoms with van der Waals surface area (Å²) in [4.78, 5) is 0. The van der Waals surface area contributed by atoms with Gasteiger partial charge in [-0.3, -0.25) is 0 Å². The molecule has 1 heterocycles. The summed E-state index contributed by atoms with van der Waals surface area (Å²) in [6.45, 7) is 6.25. The van der Waals surface area contributed by atoms with Crippen molar-refractivity contribution in [2.24, 2.45) is 0 Å². The van der Waals surface area contributed by atoms with E-state index in [0.717, 1.165) is 9.52 Å². The SMILES string of the molecule is CN1CC(C)([Si]c2ccccc2)[Si]1(C)c1ccccc1. The number of benzene rings is 2. The van der Waals surface area contributed by atoms with Gasteiger partial charge in [-0.2, -0.15) is 0 Å². The molecule has 102 valence electrons. The Balaban J connectivity index is 1.94. The van der Waals surface area contributed by atoms with Gasteiger partial charge < -0.3 is 4.57 Å². The lowest BCUT2D eigenvalue weighted by molar-refractivity contribution is 0.380. The number of rotatable bonds is 3. The highest BCUT2D eigenvalue weighted by atomic mass is 28.4. The van der Waals surface area contributed by atoms with Crippen molar-refractivity contribution in [2.75, 3.05) is 13.6 Å². The molecule has 0 bridgehead atoms. The molecule has 0 aliphatic carbocycles. The molecule has 0 amide bonds. The predicted molar refractivity (Wildman–Crippen MR) is 90.5 cm³/mol. The van der Waals surface area contributed by atoms with E-state index in [4.69, 9.17) is 0 Å². The van der Waals surface area contributed by atoms with Gasteiger partial charge in [0, 0.05) is 0 Å². The zero-order chi connectivity index (χ0) is 14.2. The summed E-state index contributed by atoms with van der Waals surface area (Å²) in [5, 5.41) is 3.07. The molecule has 0 aromatic heterocycles. The van der Waals surface area contributed by atoms with Gasteiger partial charge in [0.2, 0.25) is 0 Å². The van der Waals surface area contributed by atoms with Gasteiger partial charge in [0.1, 0.15) is 0 Å². The van der Waals surface area contributed by atoms with Crippen molar-refractivity contribution in [3.63, 3.8) is 0 Å². The molecule has 1 aliphatic heterocycles. The maximum Gasteiger partial charge on any atom is 0.161 e. The summed E-state index contributed by atoms with van der Waals surface area (Å²) in [6.07, 6.45) is 0. The minimum Gasteiger partial charge on any atom is -0.323 e.